The van der Waals surface area contributed by atoms with Crippen LogP contribution in [-0.4, -0.2) is 53.8 Å². The first-order valence-electron chi connectivity index (χ1n) is 11.5. The first kappa shape index (κ1) is 23.8. The van der Waals surface area contributed by atoms with Crippen LogP contribution in [0.15, 0.2) is 82.9 Å². The summed E-state index contributed by atoms with van der Waals surface area (Å²) in [5, 5.41) is 3.55. The van der Waals surface area contributed by atoms with Gasteiger partial charge in [-0.15, -0.1) is 0 Å². The molecule has 0 aliphatic carbocycles. The van der Waals surface area contributed by atoms with Crippen LogP contribution in [0.5, 0.6) is 0 Å². The van der Waals surface area contributed by atoms with Gasteiger partial charge < -0.3 is 10.2 Å². The molecule has 1 saturated heterocycles. The number of nitrogens with one attached hydrogen (secondary N) is 1. The molecule has 1 aliphatic heterocycles. The molecule has 2 aromatic carbocycles. The van der Waals surface area contributed by atoms with Gasteiger partial charge in [-0.05, 0) is 34.9 Å². The summed E-state index contributed by atoms with van der Waals surface area (Å²) in [6.07, 6.45) is 4.28. The van der Waals surface area contributed by atoms with Crippen LogP contribution in [0.4, 0.5) is 5.95 Å². The van der Waals surface area contributed by atoms with E-state index < -0.39 is 9.84 Å². The van der Waals surface area contributed by atoms with Gasteiger partial charge in [-0.3, -0.25) is 9.36 Å². The summed E-state index contributed by atoms with van der Waals surface area (Å²) < 4.78 is 25.0. The number of nitrogens with zero attached hydrogens (tertiary/aromatic N) is 5. The Bertz CT molecular complexity index is 1540. The maximum Gasteiger partial charge on any atom is 0.255 e. The van der Waals surface area contributed by atoms with Crippen molar-refractivity contribution >= 4 is 15.8 Å². The molecule has 10 heteroatoms. The Hall–Kier alpha value is -3.89. The predicted molar refractivity (Wildman–Crippen MR) is 138 cm³/mol. The van der Waals surface area contributed by atoms with Crippen molar-refractivity contribution in [2.75, 3.05) is 30.8 Å². The Morgan fingerprint density at radius 1 is 0.972 bits per heavy atom. The molecule has 36 heavy (non-hydrogen) atoms. The maximum absolute atomic E-state index is 12.7. The summed E-state index contributed by atoms with van der Waals surface area (Å²) in [6, 6.07) is 18.4. The Balaban J connectivity index is 1.37. The molecule has 1 atom stereocenters. The normalized spacial score (nSPS) is 16.2. The van der Waals surface area contributed by atoms with Crippen molar-refractivity contribution in [1.82, 2.24) is 24.8 Å². The van der Waals surface area contributed by atoms with Crippen molar-refractivity contribution in [3.05, 3.63) is 89.1 Å². The molecule has 4 aromatic rings. The van der Waals surface area contributed by atoms with Crippen LogP contribution in [0.1, 0.15) is 11.6 Å². The van der Waals surface area contributed by atoms with Gasteiger partial charge in [-0.2, -0.15) is 0 Å². The number of hydrogen-bond donors (Lipinski definition) is 1. The van der Waals surface area contributed by atoms with Crippen LogP contribution < -0.4 is 15.8 Å². The molecular formula is C26H26N6O3S. The number of hydrogen-bond acceptors (Lipinski definition) is 8. The molecule has 3 heterocycles. The molecule has 2 aromatic heterocycles. The monoisotopic (exact) mass is 502 g/mol. The van der Waals surface area contributed by atoms with Gasteiger partial charge in [0.1, 0.15) is 6.33 Å². The van der Waals surface area contributed by atoms with E-state index in [0.717, 1.165) is 29.8 Å². The number of piperazine rings is 1. The molecule has 9 nitrogen and oxygen atoms in total. The van der Waals surface area contributed by atoms with Crippen molar-refractivity contribution in [3.63, 3.8) is 0 Å². The summed E-state index contributed by atoms with van der Waals surface area (Å²) >= 11 is 0. The van der Waals surface area contributed by atoms with E-state index in [0.29, 0.717) is 28.8 Å². The van der Waals surface area contributed by atoms with E-state index in [-0.39, 0.29) is 11.6 Å². The van der Waals surface area contributed by atoms with E-state index in [1.807, 2.05) is 24.3 Å². The van der Waals surface area contributed by atoms with E-state index >= 15 is 0 Å². The number of aromatic nitrogens is 4. The lowest BCUT2D eigenvalue weighted by Crippen LogP contribution is -2.47. The third kappa shape index (κ3) is 4.91. The molecule has 0 amide bonds. The quantitative estimate of drug-likeness (QED) is 0.443. The van der Waals surface area contributed by atoms with Gasteiger partial charge in [0.2, 0.25) is 5.95 Å². The summed E-state index contributed by atoms with van der Waals surface area (Å²) in [7, 11) is -1.49. The third-order valence-electron chi connectivity index (χ3n) is 6.34. The summed E-state index contributed by atoms with van der Waals surface area (Å²) in [4.78, 5) is 28.0. The number of benzene rings is 2. The highest BCUT2D eigenvalue weighted by atomic mass is 32.2. The molecule has 0 radical (unpaired) electrons. The molecule has 5 rings (SSSR count). The van der Waals surface area contributed by atoms with Crippen molar-refractivity contribution in [1.29, 1.82) is 0 Å². The molecular weight excluding hydrogens is 476 g/mol. The highest BCUT2D eigenvalue weighted by molar-refractivity contribution is 7.90. The van der Waals surface area contributed by atoms with Crippen LogP contribution in [0.25, 0.3) is 22.5 Å². The lowest BCUT2D eigenvalue weighted by Gasteiger charge is -2.35. The van der Waals surface area contributed by atoms with Crippen LogP contribution >= 0.6 is 0 Å². The van der Waals surface area contributed by atoms with Crippen LogP contribution in [0.2, 0.25) is 0 Å². The van der Waals surface area contributed by atoms with E-state index in [4.69, 9.17) is 4.98 Å². The molecule has 184 valence electrons. The average Bonchev–Trinajstić information content (AvgIpc) is 2.90. The van der Waals surface area contributed by atoms with Gasteiger partial charge in [-0.1, -0.05) is 36.4 Å². The molecule has 0 spiro atoms. The predicted octanol–water partition coefficient (Wildman–Crippen LogP) is 2.46. The minimum absolute atomic E-state index is 0.0556. The van der Waals surface area contributed by atoms with E-state index in [1.165, 1.54) is 18.6 Å². The second-order valence-electron chi connectivity index (χ2n) is 8.80. The first-order valence-corrected chi connectivity index (χ1v) is 13.4. The molecule has 1 fully saturated rings. The minimum atomic E-state index is -3.22. The van der Waals surface area contributed by atoms with E-state index in [2.05, 4.69) is 32.3 Å². The van der Waals surface area contributed by atoms with Crippen molar-refractivity contribution in [2.24, 2.45) is 7.05 Å². The second kappa shape index (κ2) is 9.63. The molecule has 0 bridgehead atoms. The van der Waals surface area contributed by atoms with Gasteiger partial charge in [0, 0.05) is 51.2 Å². The van der Waals surface area contributed by atoms with Crippen LogP contribution in [-0.2, 0) is 16.9 Å². The SMILES string of the molecule is Cn1c(N2CCN[C@@H](c3ccc(-c4ccc(S(C)(=O)=O)cc4)cc3)C2)nc(-c2ccncn2)cc1=O. The van der Waals surface area contributed by atoms with Gasteiger partial charge in [0.05, 0.1) is 16.3 Å². The molecule has 1 N–H and O–H groups in total. The van der Waals surface area contributed by atoms with Gasteiger partial charge >= 0.3 is 0 Å². The largest absolute Gasteiger partial charge is 0.339 e. The zero-order chi connectivity index (χ0) is 25.3. The zero-order valence-electron chi connectivity index (χ0n) is 20.0. The van der Waals surface area contributed by atoms with Gasteiger partial charge in [0.15, 0.2) is 9.84 Å². The highest BCUT2D eigenvalue weighted by Gasteiger charge is 2.24. The Kier molecular flexibility index (Phi) is 6.38. The maximum atomic E-state index is 12.7. The summed E-state index contributed by atoms with van der Waals surface area (Å²) in [6.45, 7) is 2.11. The topological polar surface area (TPSA) is 110 Å². The third-order valence-corrected chi connectivity index (χ3v) is 7.47. The molecule has 0 unspecified atom stereocenters. The van der Waals surface area contributed by atoms with Gasteiger partial charge in [0.25, 0.3) is 5.56 Å². The first-order chi connectivity index (χ1) is 17.3. The second-order valence-corrected chi connectivity index (χ2v) is 10.8. The average molecular weight is 503 g/mol. The van der Waals surface area contributed by atoms with Crippen LogP contribution in [0, 0.1) is 0 Å². The minimum Gasteiger partial charge on any atom is -0.339 e. The van der Waals surface area contributed by atoms with Crippen molar-refractivity contribution < 1.29 is 8.42 Å². The lowest BCUT2D eigenvalue weighted by molar-refractivity contribution is 0.462. The molecule has 1 aliphatic rings. The van der Waals surface area contributed by atoms with E-state index in [9.17, 15) is 13.2 Å². The lowest BCUT2D eigenvalue weighted by atomic mass is 9.99. The fourth-order valence-corrected chi connectivity index (χ4v) is 4.97. The smallest absolute Gasteiger partial charge is 0.255 e. The Morgan fingerprint density at radius 2 is 1.67 bits per heavy atom. The summed E-state index contributed by atoms with van der Waals surface area (Å²) in [5.41, 5.74) is 4.07. The Morgan fingerprint density at radius 3 is 2.31 bits per heavy atom. The molecule has 0 saturated carbocycles. The highest BCUT2D eigenvalue weighted by Crippen LogP contribution is 2.26. The van der Waals surface area contributed by atoms with Crippen molar-refractivity contribution in [3.8, 4) is 22.5 Å². The van der Waals surface area contributed by atoms with Crippen LogP contribution in [0.3, 0.4) is 0 Å². The van der Waals surface area contributed by atoms with Gasteiger partial charge in [-0.25, -0.2) is 23.4 Å². The fourth-order valence-electron chi connectivity index (χ4n) is 4.34. The number of sulfone groups is 1. The fraction of sp³-hybridized carbons (Fsp3) is 0.231. The van der Waals surface area contributed by atoms with E-state index in [1.54, 1.807) is 36.0 Å². The number of anilines is 1. The Labute approximate surface area is 209 Å². The standard InChI is InChI=1S/C26H26N6O3S/c1-31-25(33)15-23(22-11-12-27-17-29-22)30-26(31)32-14-13-28-24(16-32)20-5-3-18(4-6-20)19-7-9-21(10-8-19)36(2,34)35/h3-12,15,17,24,28H,13-14,16H2,1-2H3/t24-/m1/s1. The zero-order valence-corrected chi connectivity index (χ0v) is 20.8. The van der Waals surface area contributed by atoms with Crippen molar-refractivity contribution in [2.45, 2.75) is 10.9 Å². The summed E-state index contributed by atoms with van der Waals surface area (Å²) in [5.74, 6) is 0.602. The number of rotatable bonds is 5.